The van der Waals surface area contributed by atoms with Gasteiger partial charge in [0.05, 0.1) is 0 Å². The van der Waals surface area contributed by atoms with Crippen molar-refractivity contribution in [1.29, 1.82) is 10.5 Å². The standard InChI is InChI=1S/C4H2N4O5/c5-1-7(3(9)10)13-8(2-6)4(11)12/h(H,9,10)(H,11,12). The largest absolute Gasteiger partial charge is 0.463 e. The van der Waals surface area contributed by atoms with Crippen molar-refractivity contribution in [2.45, 2.75) is 0 Å². The van der Waals surface area contributed by atoms with Crippen molar-refractivity contribution in [2.24, 2.45) is 0 Å². The summed E-state index contributed by atoms with van der Waals surface area (Å²) in [5.41, 5.74) is 0. The number of rotatable bonds is 2. The Labute approximate surface area is 71.1 Å². The van der Waals surface area contributed by atoms with Crippen LogP contribution in [0.5, 0.6) is 0 Å². The topological polar surface area (TPSA) is 138 Å². The van der Waals surface area contributed by atoms with E-state index in [1.165, 1.54) is 0 Å². The molecule has 0 aliphatic heterocycles. The van der Waals surface area contributed by atoms with Gasteiger partial charge in [0.2, 0.25) is 12.4 Å². The van der Waals surface area contributed by atoms with Crippen LogP contribution in [-0.2, 0) is 4.94 Å². The summed E-state index contributed by atoms with van der Waals surface area (Å²) < 4.78 is 0. The van der Waals surface area contributed by atoms with Crippen LogP contribution < -0.4 is 0 Å². The molecule has 0 rings (SSSR count). The van der Waals surface area contributed by atoms with E-state index in [1.54, 1.807) is 0 Å². The zero-order valence-electron chi connectivity index (χ0n) is 5.91. The van der Waals surface area contributed by atoms with Crippen molar-refractivity contribution in [3.8, 4) is 12.4 Å². The molecule has 0 spiro atoms. The molecule has 0 atom stereocenters. The van der Waals surface area contributed by atoms with E-state index in [-0.39, 0.29) is 0 Å². The third kappa shape index (κ3) is 2.92. The summed E-state index contributed by atoms with van der Waals surface area (Å²) in [6.07, 6.45) is -1.73. The smallest absolute Gasteiger partial charge is 0.447 e. The maximum atomic E-state index is 10.1. The molecule has 0 aromatic heterocycles. The first-order chi connectivity index (χ1) is 6.02. The van der Waals surface area contributed by atoms with E-state index in [0.29, 0.717) is 0 Å². The average Bonchev–Trinajstić information content (AvgIpc) is 2.05. The van der Waals surface area contributed by atoms with Crippen LogP contribution in [0.1, 0.15) is 0 Å². The molecule has 68 valence electrons. The van der Waals surface area contributed by atoms with Gasteiger partial charge in [0, 0.05) is 0 Å². The van der Waals surface area contributed by atoms with Crippen LogP contribution in [-0.4, -0.2) is 32.5 Å². The zero-order valence-corrected chi connectivity index (χ0v) is 5.91. The number of amides is 2. The summed E-state index contributed by atoms with van der Waals surface area (Å²) in [5, 5.41) is 31.6. The molecule has 0 radical (unpaired) electrons. The van der Waals surface area contributed by atoms with E-state index >= 15 is 0 Å². The summed E-state index contributed by atoms with van der Waals surface area (Å²) in [7, 11) is 0. The van der Waals surface area contributed by atoms with E-state index in [2.05, 4.69) is 4.94 Å². The molecule has 2 amide bonds. The zero-order chi connectivity index (χ0) is 10.4. The van der Waals surface area contributed by atoms with Crippen molar-refractivity contribution in [2.75, 3.05) is 0 Å². The summed E-state index contributed by atoms with van der Waals surface area (Å²) in [5.74, 6) is 0. The van der Waals surface area contributed by atoms with Crippen LogP contribution in [0.3, 0.4) is 0 Å². The second kappa shape index (κ2) is 4.38. The van der Waals surface area contributed by atoms with Gasteiger partial charge >= 0.3 is 12.2 Å². The predicted molar refractivity (Wildman–Crippen MR) is 32.0 cm³/mol. The van der Waals surface area contributed by atoms with E-state index < -0.39 is 22.3 Å². The molecule has 2 N–H and O–H groups in total. The maximum absolute atomic E-state index is 10.1. The molecule has 0 aromatic carbocycles. The molecule has 0 saturated heterocycles. The molecular formula is C4H2N4O5. The molecular weight excluding hydrogens is 184 g/mol. The first kappa shape index (κ1) is 10.5. The second-order valence-corrected chi connectivity index (χ2v) is 1.44. The minimum Gasteiger partial charge on any atom is -0.463 e. The van der Waals surface area contributed by atoms with Gasteiger partial charge in [-0.05, 0) is 0 Å². The summed E-state index contributed by atoms with van der Waals surface area (Å²) in [6, 6.07) is 0. The monoisotopic (exact) mass is 186 g/mol. The quantitative estimate of drug-likeness (QED) is 0.344. The number of hydroxylamine groups is 4. The number of carboxylic acid groups (broad SMARTS) is 2. The Bertz CT molecular complexity index is 271. The van der Waals surface area contributed by atoms with Gasteiger partial charge in [-0.2, -0.15) is 10.5 Å². The van der Waals surface area contributed by atoms with E-state index in [9.17, 15) is 9.59 Å². The van der Waals surface area contributed by atoms with Crippen molar-refractivity contribution in [1.82, 2.24) is 10.1 Å². The molecule has 9 heteroatoms. The Kier molecular flexibility index (Phi) is 3.53. The van der Waals surface area contributed by atoms with Crippen molar-refractivity contribution >= 4 is 12.2 Å². The van der Waals surface area contributed by atoms with Crippen LogP contribution in [0, 0.1) is 22.9 Å². The molecule has 0 saturated carbocycles. The number of nitriles is 2. The average molecular weight is 186 g/mol. The highest BCUT2D eigenvalue weighted by molar-refractivity contribution is 5.67. The molecule has 0 aliphatic rings. The molecule has 0 heterocycles. The Morgan fingerprint density at radius 3 is 1.54 bits per heavy atom. The first-order valence-corrected chi connectivity index (χ1v) is 2.56. The van der Waals surface area contributed by atoms with Crippen LogP contribution in [0.4, 0.5) is 9.59 Å². The third-order valence-corrected chi connectivity index (χ3v) is 0.692. The molecule has 0 fully saturated rings. The normalized spacial score (nSPS) is 7.85. The highest BCUT2D eigenvalue weighted by Gasteiger charge is 2.21. The van der Waals surface area contributed by atoms with E-state index in [0.717, 1.165) is 12.4 Å². The lowest BCUT2D eigenvalue weighted by atomic mass is 11.0. The van der Waals surface area contributed by atoms with Crippen molar-refractivity contribution < 1.29 is 24.7 Å². The van der Waals surface area contributed by atoms with Crippen molar-refractivity contribution in [3.05, 3.63) is 0 Å². The highest BCUT2D eigenvalue weighted by Crippen LogP contribution is 1.95. The lowest BCUT2D eigenvalue weighted by Gasteiger charge is -2.11. The number of hydrogen-bond acceptors (Lipinski definition) is 5. The first-order valence-electron chi connectivity index (χ1n) is 2.56. The predicted octanol–water partition coefficient (Wildman–Crippen LogP) is -0.245. The Hall–Kier alpha value is -2.52. The van der Waals surface area contributed by atoms with Gasteiger partial charge in [-0.3, -0.25) is 0 Å². The minimum atomic E-state index is -1.84. The van der Waals surface area contributed by atoms with Gasteiger partial charge in [-0.25, -0.2) is 9.59 Å². The summed E-state index contributed by atoms with van der Waals surface area (Å²) in [4.78, 5) is 23.9. The van der Waals surface area contributed by atoms with Crippen LogP contribution in [0.15, 0.2) is 0 Å². The fourth-order valence-corrected chi connectivity index (χ4v) is 0.274. The van der Waals surface area contributed by atoms with Crippen molar-refractivity contribution in [3.63, 3.8) is 0 Å². The van der Waals surface area contributed by atoms with E-state index in [1.807, 2.05) is 0 Å². The number of nitrogens with zero attached hydrogens (tertiary/aromatic N) is 4. The summed E-state index contributed by atoms with van der Waals surface area (Å²) >= 11 is 0. The Morgan fingerprint density at radius 2 is 1.38 bits per heavy atom. The van der Waals surface area contributed by atoms with Gasteiger partial charge in [-0.1, -0.05) is 10.1 Å². The number of hydrogen-bond donors (Lipinski definition) is 2. The Morgan fingerprint density at radius 1 is 1.08 bits per heavy atom. The molecule has 0 unspecified atom stereocenters. The van der Waals surface area contributed by atoms with Gasteiger partial charge in [-0.15, -0.1) is 4.94 Å². The van der Waals surface area contributed by atoms with Gasteiger partial charge < -0.3 is 10.2 Å². The minimum absolute atomic E-state index is 0.392. The van der Waals surface area contributed by atoms with Crippen LogP contribution in [0.2, 0.25) is 0 Å². The van der Waals surface area contributed by atoms with Gasteiger partial charge in [0.15, 0.2) is 0 Å². The summed E-state index contributed by atoms with van der Waals surface area (Å²) in [6.45, 7) is 0. The third-order valence-electron chi connectivity index (χ3n) is 0.692. The molecule has 0 bridgehead atoms. The molecule has 13 heavy (non-hydrogen) atoms. The van der Waals surface area contributed by atoms with Crippen LogP contribution >= 0.6 is 0 Å². The fraction of sp³-hybridized carbons (Fsp3) is 0. The van der Waals surface area contributed by atoms with Gasteiger partial charge in [0.1, 0.15) is 0 Å². The molecule has 9 nitrogen and oxygen atoms in total. The van der Waals surface area contributed by atoms with Gasteiger partial charge in [0.25, 0.3) is 0 Å². The number of carbonyl (C=O) groups is 2. The highest BCUT2D eigenvalue weighted by atomic mass is 16.9. The SMILES string of the molecule is N#CN(ON(C#N)C(=O)O)C(=O)O. The molecule has 0 aliphatic carbocycles. The fourth-order valence-electron chi connectivity index (χ4n) is 0.274. The lowest BCUT2D eigenvalue weighted by molar-refractivity contribution is -0.226. The second-order valence-electron chi connectivity index (χ2n) is 1.44. The van der Waals surface area contributed by atoms with Crippen LogP contribution in [0.25, 0.3) is 0 Å². The Balaban J connectivity index is 4.42. The molecule has 0 aromatic rings. The lowest BCUT2D eigenvalue weighted by Crippen LogP contribution is -2.35. The van der Waals surface area contributed by atoms with E-state index in [4.69, 9.17) is 20.7 Å². The maximum Gasteiger partial charge on any atom is 0.447 e.